The van der Waals surface area contributed by atoms with Crippen molar-refractivity contribution >= 4 is 17.7 Å². The van der Waals surface area contributed by atoms with Crippen LogP contribution in [-0.2, 0) is 33.6 Å². The van der Waals surface area contributed by atoms with Crippen molar-refractivity contribution in [3.8, 4) is 0 Å². The molecule has 0 saturated heterocycles. The van der Waals surface area contributed by atoms with Crippen LogP contribution in [0, 0.1) is 46.3 Å². The molecule has 10 N–H and O–H groups in total. The zero-order valence-electron chi connectivity index (χ0n) is 36.7. The SMILES string of the molecule is CC(CCCO)C1CC[C@H]2C3C(NC(=O)[C@@H](N)Cc4ccccc4)CC4C[C@H](NC(=O)C(N)Cc5ccccc5)CC[C@]4(C)[C@H]3CC(NC(=O)[C@@H](N)Cc3ccccc3)[C@]12C. The molecule has 0 heterocycles. The molecule has 7 rings (SSSR count). The van der Waals surface area contributed by atoms with Gasteiger partial charge in [-0.05, 0) is 140 Å². The van der Waals surface area contributed by atoms with Gasteiger partial charge in [0.2, 0.25) is 17.7 Å². The van der Waals surface area contributed by atoms with E-state index in [1.807, 2.05) is 91.0 Å². The Hall–Kier alpha value is -4.09. The number of carbonyl (C=O) groups is 3. The van der Waals surface area contributed by atoms with Crippen molar-refractivity contribution in [2.75, 3.05) is 6.61 Å². The zero-order chi connectivity index (χ0) is 43.3. The third-order valence-electron chi connectivity index (χ3n) is 16.3. The van der Waals surface area contributed by atoms with E-state index >= 15 is 0 Å². The number of aliphatic hydroxyl groups excluding tert-OH is 1. The first-order valence-electron chi connectivity index (χ1n) is 23.2. The van der Waals surface area contributed by atoms with E-state index in [0.717, 1.165) is 74.5 Å². The highest BCUT2D eigenvalue weighted by atomic mass is 16.3. The summed E-state index contributed by atoms with van der Waals surface area (Å²) >= 11 is 0. The molecular weight excluding hydrogens is 761 g/mol. The maximum absolute atomic E-state index is 14.3. The molecule has 10 heteroatoms. The first kappa shape index (κ1) is 44.9. The number of benzene rings is 3. The van der Waals surface area contributed by atoms with Crippen LogP contribution in [0.25, 0.3) is 0 Å². The van der Waals surface area contributed by atoms with Crippen molar-refractivity contribution in [2.45, 2.75) is 134 Å². The van der Waals surface area contributed by atoms with E-state index in [1.54, 1.807) is 0 Å². The summed E-state index contributed by atoms with van der Waals surface area (Å²) in [6, 6.07) is 27.5. The second kappa shape index (κ2) is 19.5. The molecule has 4 aliphatic carbocycles. The number of carbonyl (C=O) groups excluding carboxylic acids is 3. The van der Waals surface area contributed by atoms with Gasteiger partial charge in [-0.1, -0.05) is 112 Å². The van der Waals surface area contributed by atoms with Crippen LogP contribution in [-0.4, -0.2) is 65.7 Å². The molecular formula is C51H72N6O4. The first-order chi connectivity index (χ1) is 29.3. The Bertz CT molecular complexity index is 1920. The predicted octanol–water partition coefficient (Wildman–Crippen LogP) is 5.44. The first-order valence-corrected chi connectivity index (χ1v) is 23.2. The van der Waals surface area contributed by atoms with E-state index in [0.29, 0.717) is 31.1 Å². The van der Waals surface area contributed by atoms with Crippen LogP contribution in [0.15, 0.2) is 91.0 Å². The fraction of sp³-hybridized carbons (Fsp3) is 0.588. The number of aliphatic hydroxyl groups is 1. The third kappa shape index (κ3) is 9.78. The van der Waals surface area contributed by atoms with Crippen LogP contribution in [0.1, 0.15) is 95.2 Å². The maximum atomic E-state index is 14.3. The minimum Gasteiger partial charge on any atom is -0.396 e. The minimum atomic E-state index is -0.693. The Morgan fingerprint density at radius 1 is 0.672 bits per heavy atom. The molecule has 4 fully saturated rings. The highest BCUT2D eigenvalue weighted by Crippen LogP contribution is 2.68. The molecule has 0 bridgehead atoms. The summed E-state index contributed by atoms with van der Waals surface area (Å²) in [4.78, 5) is 42.1. The van der Waals surface area contributed by atoms with E-state index in [4.69, 9.17) is 17.2 Å². The van der Waals surface area contributed by atoms with Gasteiger partial charge in [-0.3, -0.25) is 14.4 Å². The lowest BCUT2D eigenvalue weighted by atomic mass is 9.42. The summed E-state index contributed by atoms with van der Waals surface area (Å²) in [7, 11) is 0. The average molecular weight is 833 g/mol. The molecule has 3 aromatic rings. The molecule has 3 aromatic carbocycles. The van der Waals surface area contributed by atoms with Gasteiger partial charge in [-0.25, -0.2) is 0 Å². The Morgan fingerprint density at radius 2 is 1.18 bits per heavy atom. The quantitative estimate of drug-likeness (QED) is 0.100. The van der Waals surface area contributed by atoms with Gasteiger partial charge < -0.3 is 38.3 Å². The molecule has 4 saturated carbocycles. The minimum absolute atomic E-state index is 0.0239. The number of nitrogens with one attached hydrogen (secondary N) is 3. The summed E-state index contributed by atoms with van der Waals surface area (Å²) in [5.41, 5.74) is 22.7. The van der Waals surface area contributed by atoms with Crippen LogP contribution in [0.3, 0.4) is 0 Å². The molecule has 10 nitrogen and oxygen atoms in total. The van der Waals surface area contributed by atoms with Crippen molar-refractivity contribution in [1.29, 1.82) is 0 Å². The van der Waals surface area contributed by atoms with Crippen LogP contribution in [0.5, 0.6) is 0 Å². The van der Waals surface area contributed by atoms with Crippen molar-refractivity contribution < 1.29 is 19.5 Å². The summed E-state index contributed by atoms with van der Waals surface area (Å²) in [5, 5.41) is 20.4. The molecule has 61 heavy (non-hydrogen) atoms. The monoisotopic (exact) mass is 833 g/mol. The van der Waals surface area contributed by atoms with Gasteiger partial charge in [0.25, 0.3) is 0 Å². The summed E-state index contributed by atoms with van der Waals surface area (Å²) in [5.74, 6) is 1.16. The second-order valence-electron chi connectivity index (χ2n) is 19.9. The highest BCUT2D eigenvalue weighted by molar-refractivity contribution is 5.83. The number of fused-ring (bicyclic) bond motifs is 5. The zero-order valence-corrected chi connectivity index (χ0v) is 36.7. The van der Waals surface area contributed by atoms with Gasteiger partial charge in [0.1, 0.15) is 0 Å². The maximum Gasteiger partial charge on any atom is 0.237 e. The highest BCUT2D eigenvalue weighted by Gasteiger charge is 2.66. The van der Waals surface area contributed by atoms with E-state index in [1.165, 1.54) is 0 Å². The van der Waals surface area contributed by atoms with Gasteiger partial charge in [-0.15, -0.1) is 0 Å². The molecule has 4 aliphatic rings. The fourth-order valence-electron chi connectivity index (χ4n) is 13.1. The van der Waals surface area contributed by atoms with Crippen molar-refractivity contribution in [3.63, 3.8) is 0 Å². The van der Waals surface area contributed by atoms with Crippen molar-refractivity contribution in [2.24, 2.45) is 63.5 Å². The number of hydrogen-bond donors (Lipinski definition) is 7. The third-order valence-corrected chi connectivity index (χ3v) is 16.3. The largest absolute Gasteiger partial charge is 0.396 e. The summed E-state index contributed by atoms with van der Waals surface area (Å²) < 4.78 is 0. The normalized spacial score (nSPS) is 32.5. The van der Waals surface area contributed by atoms with E-state index < -0.39 is 18.1 Å². The van der Waals surface area contributed by atoms with Crippen molar-refractivity contribution in [1.82, 2.24) is 16.0 Å². The van der Waals surface area contributed by atoms with Gasteiger partial charge in [-0.2, -0.15) is 0 Å². The van der Waals surface area contributed by atoms with Crippen molar-refractivity contribution in [3.05, 3.63) is 108 Å². The number of amides is 3. The number of hydrogen-bond acceptors (Lipinski definition) is 7. The smallest absolute Gasteiger partial charge is 0.237 e. The molecule has 7 unspecified atom stereocenters. The van der Waals surface area contributed by atoms with Crippen LogP contribution in [0.4, 0.5) is 0 Å². The summed E-state index contributed by atoms with van der Waals surface area (Å²) in [6.45, 7) is 7.34. The van der Waals surface area contributed by atoms with Gasteiger partial charge >= 0.3 is 0 Å². The lowest BCUT2D eigenvalue weighted by molar-refractivity contribution is -0.154. The van der Waals surface area contributed by atoms with E-state index in [-0.39, 0.29) is 77.0 Å². The Kier molecular flexibility index (Phi) is 14.4. The predicted molar refractivity (Wildman–Crippen MR) is 242 cm³/mol. The van der Waals surface area contributed by atoms with Gasteiger partial charge in [0, 0.05) is 24.7 Å². The average Bonchev–Trinajstić information content (AvgIpc) is 3.62. The lowest BCUT2D eigenvalue weighted by Gasteiger charge is -2.65. The molecule has 0 aromatic heterocycles. The topological polar surface area (TPSA) is 186 Å². The van der Waals surface area contributed by atoms with Crippen LogP contribution >= 0.6 is 0 Å². The second-order valence-corrected chi connectivity index (χ2v) is 19.9. The van der Waals surface area contributed by atoms with Crippen LogP contribution in [0.2, 0.25) is 0 Å². The van der Waals surface area contributed by atoms with Crippen LogP contribution < -0.4 is 33.2 Å². The number of nitrogens with two attached hydrogens (primary N) is 3. The Labute approximate surface area is 364 Å². The van der Waals surface area contributed by atoms with Gasteiger partial charge in [0.15, 0.2) is 0 Å². The lowest BCUT2D eigenvalue weighted by Crippen LogP contribution is -2.68. The molecule has 0 radical (unpaired) electrons. The van der Waals surface area contributed by atoms with E-state index in [2.05, 4.69) is 36.7 Å². The molecule has 330 valence electrons. The molecule has 14 atom stereocenters. The molecule has 0 aliphatic heterocycles. The summed E-state index contributed by atoms with van der Waals surface area (Å²) in [6.07, 6.45) is 9.27. The Morgan fingerprint density at radius 3 is 1.70 bits per heavy atom. The van der Waals surface area contributed by atoms with E-state index in [9.17, 15) is 19.5 Å². The number of rotatable bonds is 16. The fourth-order valence-corrected chi connectivity index (χ4v) is 13.1. The standard InChI is InChI=1S/C51H72N6O4/c1-32(14-13-25-58)38-21-22-39-46-40(31-45(51(38,39)3)57-49(61)43(54)28-35-19-11-6-12-20-35)50(2)24-23-37(55-47(59)41(52)26-33-15-7-4-8-16-33)29-36(50)30-44(46)56-48(60)42(53)27-34-17-9-5-10-18-34/h4-12,15-20,32,36-46,58H,13-14,21-31,52-54H2,1-3H3,(H,55,59)(H,56,60)(H,57,61)/t32?,36?,37-,38?,39+,40+,41?,42+,43+,44?,45?,46?,50+,51-/m1/s1. The van der Waals surface area contributed by atoms with Gasteiger partial charge in [0.05, 0.1) is 18.1 Å². The Balaban J connectivity index is 1.18. The molecule has 0 spiro atoms. The molecule has 3 amide bonds.